The maximum Gasteiger partial charge on any atom is 0.323 e. The first-order chi connectivity index (χ1) is 13.0. The second-order valence-corrected chi connectivity index (χ2v) is 6.56. The molecule has 3 N–H and O–H groups in total. The molecule has 0 spiro atoms. The number of rotatable bonds is 5. The number of carbonyl (C=O) groups is 2. The highest BCUT2D eigenvalue weighted by atomic mass is 32.1. The molecule has 0 unspecified atom stereocenters. The molecule has 9 heteroatoms. The number of amides is 3. The minimum Gasteiger partial charge on any atom is -0.493 e. The molecule has 140 valence electrons. The van der Waals surface area contributed by atoms with Crippen molar-refractivity contribution >= 4 is 50.0 Å². The number of methoxy groups -OCH3 is 2. The quantitative estimate of drug-likeness (QED) is 0.617. The Bertz CT molecular complexity index is 1000. The van der Waals surface area contributed by atoms with E-state index in [0.717, 1.165) is 4.70 Å². The number of fused-ring (bicyclic) bond motifs is 1. The number of aromatic nitrogens is 1. The molecule has 0 atom stereocenters. The zero-order valence-electron chi connectivity index (χ0n) is 15.0. The standard InChI is InChI=1S/C18H18N4O4S/c1-10(23)19-18-22-13-8-11(5-7-16(13)27-18)20-17(24)21-12-4-6-14(25-2)15(9-12)26-3/h4-9H,1-3H3,(H,19,22,23)(H2,20,21,24). The fourth-order valence-electron chi connectivity index (χ4n) is 2.42. The summed E-state index contributed by atoms with van der Waals surface area (Å²) in [6.45, 7) is 1.43. The van der Waals surface area contributed by atoms with Crippen LogP contribution in [0.25, 0.3) is 10.2 Å². The van der Waals surface area contributed by atoms with Gasteiger partial charge in [0.15, 0.2) is 16.6 Å². The third-order valence-electron chi connectivity index (χ3n) is 3.57. The number of hydrogen-bond donors (Lipinski definition) is 3. The van der Waals surface area contributed by atoms with Crippen LogP contribution >= 0.6 is 11.3 Å². The number of benzene rings is 2. The first-order valence-corrected chi connectivity index (χ1v) is 8.78. The summed E-state index contributed by atoms with van der Waals surface area (Å²) in [5.41, 5.74) is 1.83. The van der Waals surface area contributed by atoms with E-state index < -0.39 is 6.03 Å². The van der Waals surface area contributed by atoms with Gasteiger partial charge in [-0.3, -0.25) is 4.79 Å². The Morgan fingerprint density at radius 2 is 1.59 bits per heavy atom. The number of thiazole rings is 1. The van der Waals surface area contributed by atoms with Crippen LogP contribution in [0.4, 0.5) is 21.3 Å². The van der Waals surface area contributed by atoms with Crippen molar-refractivity contribution in [1.82, 2.24) is 4.98 Å². The van der Waals surface area contributed by atoms with E-state index in [4.69, 9.17) is 9.47 Å². The van der Waals surface area contributed by atoms with Gasteiger partial charge in [-0.25, -0.2) is 9.78 Å². The molecule has 3 aromatic rings. The van der Waals surface area contributed by atoms with Crippen LogP contribution < -0.4 is 25.4 Å². The molecule has 3 amide bonds. The van der Waals surface area contributed by atoms with Crippen molar-refractivity contribution in [2.45, 2.75) is 6.92 Å². The second-order valence-electron chi connectivity index (χ2n) is 5.53. The van der Waals surface area contributed by atoms with Gasteiger partial charge < -0.3 is 25.4 Å². The predicted octanol–water partition coefficient (Wildman–Crippen LogP) is 3.92. The average molecular weight is 386 g/mol. The van der Waals surface area contributed by atoms with Crippen molar-refractivity contribution in [2.75, 3.05) is 30.2 Å². The van der Waals surface area contributed by atoms with Crippen LogP contribution in [0.5, 0.6) is 11.5 Å². The van der Waals surface area contributed by atoms with Gasteiger partial charge in [0.25, 0.3) is 0 Å². The van der Waals surface area contributed by atoms with E-state index in [2.05, 4.69) is 20.9 Å². The summed E-state index contributed by atoms with van der Waals surface area (Å²) < 4.78 is 11.3. The molecule has 0 radical (unpaired) electrons. The fraction of sp³-hybridized carbons (Fsp3) is 0.167. The molecule has 0 saturated carbocycles. The molecule has 1 aromatic heterocycles. The van der Waals surface area contributed by atoms with Crippen molar-refractivity contribution in [3.8, 4) is 11.5 Å². The van der Waals surface area contributed by atoms with Gasteiger partial charge in [-0.2, -0.15) is 0 Å². The number of nitrogens with one attached hydrogen (secondary N) is 3. The molecule has 1 heterocycles. The molecule has 27 heavy (non-hydrogen) atoms. The summed E-state index contributed by atoms with van der Waals surface area (Å²) >= 11 is 1.37. The Morgan fingerprint density at radius 1 is 0.926 bits per heavy atom. The summed E-state index contributed by atoms with van der Waals surface area (Å²) in [7, 11) is 3.07. The van der Waals surface area contributed by atoms with E-state index in [1.54, 1.807) is 37.4 Å². The minimum atomic E-state index is -0.404. The number of anilines is 3. The first kappa shape index (κ1) is 18.5. The lowest BCUT2D eigenvalue weighted by atomic mass is 10.2. The van der Waals surface area contributed by atoms with Gasteiger partial charge in [-0.05, 0) is 30.3 Å². The molecule has 0 fully saturated rings. The summed E-state index contributed by atoms with van der Waals surface area (Å²) in [6, 6.07) is 10.0. The highest BCUT2D eigenvalue weighted by molar-refractivity contribution is 7.22. The van der Waals surface area contributed by atoms with Gasteiger partial charge in [-0.15, -0.1) is 0 Å². The van der Waals surface area contributed by atoms with Gasteiger partial charge in [0.05, 0.1) is 24.4 Å². The zero-order chi connectivity index (χ0) is 19.4. The Balaban J connectivity index is 1.71. The minimum absolute atomic E-state index is 0.179. The highest BCUT2D eigenvalue weighted by Crippen LogP contribution is 2.30. The van der Waals surface area contributed by atoms with Crippen LogP contribution in [0.3, 0.4) is 0 Å². The van der Waals surface area contributed by atoms with E-state index in [1.807, 2.05) is 6.07 Å². The number of nitrogens with zero attached hydrogens (tertiary/aromatic N) is 1. The third-order valence-corrected chi connectivity index (χ3v) is 4.52. The summed E-state index contributed by atoms with van der Waals surface area (Å²) in [5.74, 6) is 0.916. The Kier molecular flexibility index (Phi) is 5.41. The van der Waals surface area contributed by atoms with Crippen LogP contribution in [0.1, 0.15) is 6.92 Å². The molecule has 0 aliphatic carbocycles. The predicted molar refractivity (Wildman–Crippen MR) is 106 cm³/mol. The van der Waals surface area contributed by atoms with Crippen molar-refractivity contribution in [3.05, 3.63) is 36.4 Å². The lowest BCUT2D eigenvalue weighted by Gasteiger charge is -2.11. The van der Waals surface area contributed by atoms with Gasteiger partial charge in [0.1, 0.15) is 0 Å². The van der Waals surface area contributed by atoms with Gasteiger partial charge in [0, 0.05) is 24.4 Å². The normalized spacial score (nSPS) is 10.3. The molecule has 3 rings (SSSR count). The smallest absolute Gasteiger partial charge is 0.323 e. The topological polar surface area (TPSA) is 102 Å². The second kappa shape index (κ2) is 7.92. The van der Waals surface area contributed by atoms with E-state index in [0.29, 0.717) is 33.5 Å². The monoisotopic (exact) mass is 386 g/mol. The third kappa shape index (κ3) is 4.45. The SMILES string of the molecule is COc1ccc(NC(=O)Nc2ccc3sc(NC(C)=O)nc3c2)cc1OC. The Morgan fingerprint density at radius 3 is 2.26 bits per heavy atom. The van der Waals surface area contributed by atoms with Crippen LogP contribution in [0.15, 0.2) is 36.4 Å². The summed E-state index contributed by atoms with van der Waals surface area (Å²) in [5, 5.41) is 8.66. The molecule has 0 aliphatic heterocycles. The van der Waals surface area contributed by atoms with E-state index in [1.165, 1.54) is 25.4 Å². The molecule has 2 aromatic carbocycles. The molecular formula is C18H18N4O4S. The number of hydrogen-bond acceptors (Lipinski definition) is 6. The van der Waals surface area contributed by atoms with Gasteiger partial charge >= 0.3 is 6.03 Å². The lowest BCUT2D eigenvalue weighted by molar-refractivity contribution is -0.114. The van der Waals surface area contributed by atoms with Crippen LogP contribution in [0, 0.1) is 0 Å². The number of carbonyl (C=O) groups excluding carboxylic acids is 2. The summed E-state index contributed by atoms with van der Waals surface area (Å²) in [6.07, 6.45) is 0. The Hall–Kier alpha value is -3.33. The average Bonchev–Trinajstić information content (AvgIpc) is 3.02. The molecule has 0 saturated heterocycles. The van der Waals surface area contributed by atoms with Gasteiger partial charge in [0.2, 0.25) is 5.91 Å². The van der Waals surface area contributed by atoms with Crippen LogP contribution in [0.2, 0.25) is 0 Å². The summed E-state index contributed by atoms with van der Waals surface area (Å²) in [4.78, 5) is 27.7. The number of ether oxygens (including phenoxy) is 2. The van der Waals surface area contributed by atoms with Crippen molar-refractivity contribution < 1.29 is 19.1 Å². The van der Waals surface area contributed by atoms with Crippen molar-refractivity contribution in [3.63, 3.8) is 0 Å². The Labute approximate surface area is 159 Å². The lowest BCUT2D eigenvalue weighted by Crippen LogP contribution is -2.19. The van der Waals surface area contributed by atoms with Crippen molar-refractivity contribution in [2.24, 2.45) is 0 Å². The molecule has 0 bridgehead atoms. The fourth-order valence-corrected chi connectivity index (χ4v) is 3.31. The molecule has 8 nitrogen and oxygen atoms in total. The highest BCUT2D eigenvalue weighted by Gasteiger charge is 2.10. The maximum atomic E-state index is 12.3. The van der Waals surface area contributed by atoms with Crippen molar-refractivity contribution in [1.29, 1.82) is 0 Å². The largest absolute Gasteiger partial charge is 0.493 e. The number of urea groups is 1. The van der Waals surface area contributed by atoms with E-state index in [-0.39, 0.29) is 5.91 Å². The zero-order valence-corrected chi connectivity index (χ0v) is 15.8. The van der Waals surface area contributed by atoms with Crippen LogP contribution in [-0.4, -0.2) is 31.1 Å². The van der Waals surface area contributed by atoms with E-state index in [9.17, 15) is 9.59 Å². The molecular weight excluding hydrogens is 368 g/mol. The molecule has 0 aliphatic rings. The van der Waals surface area contributed by atoms with Gasteiger partial charge in [-0.1, -0.05) is 11.3 Å². The van der Waals surface area contributed by atoms with Crippen LogP contribution in [-0.2, 0) is 4.79 Å². The maximum absolute atomic E-state index is 12.3. The first-order valence-electron chi connectivity index (χ1n) is 7.96. The van der Waals surface area contributed by atoms with E-state index >= 15 is 0 Å².